The van der Waals surface area contributed by atoms with E-state index in [-0.39, 0.29) is 16.5 Å². The fraction of sp³-hybridized carbons (Fsp3) is 0.667. The molecule has 0 spiro atoms. The lowest BCUT2D eigenvalue weighted by molar-refractivity contribution is -0.138. The molecule has 0 aliphatic carbocycles. The minimum absolute atomic E-state index is 0.000278. The molecule has 1 unspecified atom stereocenters. The van der Waals surface area contributed by atoms with E-state index in [1.54, 1.807) is 0 Å². The van der Waals surface area contributed by atoms with E-state index in [0.29, 0.717) is 12.8 Å². The third-order valence-electron chi connectivity index (χ3n) is 1.14. The lowest BCUT2D eigenvalue weighted by Gasteiger charge is -2.03. The van der Waals surface area contributed by atoms with Gasteiger partial charge in [0.15, 0.2) is 10.6 Å². The summed E-state index contributed by atoms with van der Waals surface area (Å²) in [6.45, 7) is 1.47. The molecule has 4 heteroatoms. The molecule has 0 amide bonds. The predicted octanol–water partition coefficient (Wildman–Crippen LogP) is 0.929. The zero-order valence-electron chi connectivity index (χ0n) is 5.62. The molecule has 0 radical (unpaired) electrons. The molecule has 3 nitrogen and oxygen atoms in total. The van der Waals surface area contributed by atoms with Crippen molar-refractivity contribution in [2.24, 2.45) is 0 Å². The van der Waals surface area contributed by atoms with Crippen molar-refractivity contribution in [3.63, 3.8) is 0 Å². The van der Waals surface area contributed by atoms with Crippen LogP contribution in [0, 0.1) is 0 Å². The van der Waals surface area contributed by atoms with E-state index < -0.39 is 0 Å². The zero-order valence-corrected chi connectivity index (χ0v) is 6.44. The van der Waals surface area contributed by atoms with Crippen molar-refractivity contribution in [1.82, 2.24) is 0 Å². The number of ether oxygens (including phenoxy) is 1. The Morgan fingerprint density at radius 1 is 1.80 bits per heavy atom. The number of carbonyl (C=O) groups is 2. The van der Waals surface area contributed by atoms with Crippen molar-refractivity contribution in [3.05, 3.63) is 0 Å². The first-order valence-corrected chi connectivity index (χ1v) is 3.93. The normalized spacial score (nSPS) is 24.5. The van der Waals surface area contributed by atoms with Crippen LogP contribution < -0.4 is 0 Å². The predicted molar refractivity (Wildman–Crippen MR) is 37.4 cm³/mol. The zero-order chi connectivity index (χ0) is 7.56. The first-order chi connectivity index (χ1) is 4.68. The molecule has 1 aliphatic heterocycles. The van der Waals surface area contributed by atoms with Crippen molar-refractivity contribution >= 4 is 22.8 Å². The van der Waals surface area contributed by atoms with Gasteiger partial charge in [0.25, 0.3) is 0 Å². The minimum Gasteiger partial charge on any atom is -0.451 e. The second kappa shape index (κ2) is 3.05. The average molecular weight is 160 g/mol. The van der Waals surface area contributed by atoms with Gasteiger partial charge < -0.3 is 4.74 Å². The quantitative estimate of drug-likeness (QED) is 0.535. The van der Waals surface area contributed by atoms with Gasteiger partial charge in [-0.1, -0.05) is 0 Å². The average Bonchev–Trinajstić information content (AvgIpc) is 2.13. The molecule has 1 aliphatic rings. The van der Waals surface area contributed by atoms with Crippen LogP contribution in [0.4, 0.5) is 0 Å². The van der Waals surface area contributed by atoms with Gasteiger partial charge in [-0.2, -0.15) is 0 Å². The maximum atomic E-state index is 10.5. The van der Waals surface area contributed by atoms with Crippen molar-refractivity contribution < 1.29 is 14.3 Å². The molecule has 0 aromatic heterocycles. The molecule has 0 aromatic rings. The standard InChI is InChI=1S/C6H8O3S/c1-4(7)10-6-3-2-5(8)9-6/h6H,2-3H2,1H3. The summed E-state index contributed by atoms with van der Waals surface area (Å²) in [4.78, 5) is 21.0. The van der Waals surface area contributed by atoms with Gasteiger partial charge in [-0.25, -0.2) is 0 Å². The van der Waals surface area contributed by atoms with Gasteiger partial charge in [-0.3, -0.25) is 9.59 Å². The Morgan fingerprint density at radius 3 is 2.90 bits per heavy atom. The minimum atomic E-state index is -0.218. The van der Waals surface area contributed by atoms with E-state index in [4.69, 9.17) is 4.74 Å². The highest BCUT2D eigenvalue weighted by atomic mass is 32.2. The van der Waals surface area contributed by atoms with E-state index in [1.165, 1.54) is 6.92 Å². The highest BCUT2D eigenvalue weighted by Gasteiger charge is 2.24. The largest absolute Gasteiger partial charge is 0.451 e. The van der Waals surface area contributed by atoms with Gasteiger partial charge in [0.05, 0.1) is 0 Å². The fourth-order valence-corrected chi connectivity index (χ4v) is 1.53. The van der Waals surface area contributed by atoms with Crippen molar-refractivity contribution in [3.8, 4) is 0 Å². The first-order valence-electron chi connectivity index (χ1n) is 3.05. The molecule has 1 saturated heterocycles. The van der Waals surface area contributed by atoms with Crippen LogP contribution in [0.5, 0.6) is 0 Å². The Kier molecular flexibility index (Phi) is 2.32. The molecule has 1 fully saturated rings. The van der Waals surface area contributed by atoms with Crippen LogP contribution in [0.15, 0.2) is 0 Å². The molecule has 0 N–H and O–H groups in total. The molecule has 56 valence electrons. The summed E-state index contributed by atoms with van der Waals surface area (Å²) >= 11 is 1.08. The summed E-state index contributed by atoms with van der Waals surface area (Å²) in [5.74, 6) is -0.196. The summed E-state index contributed by atoms with van der Waals surface area (Å²) in [6, 6.07) is 0. The molecule has 10 heavy (non-hydrogen) atoms. The molecule has 0 saturated carbocycles. The van der Waals surface area contributed by atoms with Crippen LogP contribution in [0.25, 0.3) is 0 Å². The van der Waals surface area contributed by atoms with E-state index in [9.17, 15) is 9.59 Å². The number of thioether (sulfide) groups is 1. The Balaban J connectivity index is 2.31. The lowest BCUT2D eigenvalue weighted by atomic mass is 10.4. The van der Waals surface area contributed by atoms with Crippen molar-refractivity contribution in [2.75, 3.05) is 0 Å². The third kappa shape index (κ3) is 2.02. The fourth-order valence-electron chi connectivity index (χ4n) is 0.768. The van der Waals surface area contributed by atoms with Gasteiger partial charge in [0.2, 0.25) is 0 Å². The molecule has 1 rings (SSSR count). The van der Waals surface area contributed by atoms with Crippen LogP contribution in [0.1, 0.15) is 19.8 Å². The van der Waals surface area contributed by atoms with Crippen LogP contribution in [0.3, 0.4) is 0 Å². The Morgan fingerprint density at radius 2 is 2.50 bits per heavy atom. The number of carbonyl (C=O) groups excluding carboxylic acids is 2. The summed E-state index contributed by atoms with van der Waals surface area (Å²) in [6.07, 6.45) is 1.12. The van der Waals surface area contributed by atoms with Crippen LogP contribution in [-0.2, 0) is 14.3 Å². The van der Waals surface area contributed by atoms with Crippen LogP contribution in [0.2, 0.25) is 0 Å². The van der Waals surface area contributed by atoms with E-state index >= 15 is 0 Å². The number of esters is 1. The van der Waals surface area contributed by atoms with Crippen LogP contribution in [-0.4, -0.2) is 16.5 Å². The number of rotatable bonds is 1. The lowest BCUT2D eigenvalue weighted by Crippen LogP contribution is -2.03. The highest BCUT2D eigenvalue weighted by Crippen LogP contribution is 2.24. The summed E-state index contributed by atoms with van der Waals surface area (Å²) < 4.78 is 4.78. The van der Waals surface area contributed by atoms with E-state index in [2.05, 4.69) is 0 Å². The summed E-state index contributed by atoms with van der Waals surface area (Å²) in [7, 11) is 0. The monoisotopic (exact) mass is 160 g/mol. The molecular weight excluding hydrogens is 152 g/mol. The number of hydrogen-bond donors (Lipinski definition) is 0. The van der Waals surface area contributed by atoms with Gasteiger partial charge >= 0.3 is 5.97 Å². The summed E-state index contributed by atoms with van der Waals surface area (Å²) in [5, 5.41) is -0.000278. The van der Waals surface area contributed by atoms with Crippen LogP contribution >= 0.6 is 11.8 Å². The Hall–Kier alpha value is -0.510. The van der Waals surface area contributed by atoms with E-state index in [1.807, 2.05) is 0 Å². The van der Waals surface area contributed by atoms with Crippen molar-refractivity contribution in [2.45, 2.75) is 25.2 Å². The second-order valence-corrected chi connectivity index (χ2v) is 3.40. The Labute approximate surface area is 63.1 Å². The molecule has 0 bridgehead atoms. The third-order valence-corrected chi connectivity index (χ3v) is 2.07. The van der Waals surface area contributed by atoms with E-state index in [0.717, 1.165) is 11.8 Å². The highest BCUT2D eigenvalue weighted by molar-refractivity contribution is 8.14. The first kappa shape index (κ1) is 7.60. The second-order valence-electron chi connectivity index (χ2n) is 2.07. The number of hydrogen-bond acceptors (Lipinski definition) is 4. The number of cyclic esters (lactones) is 1. The molecular formula is C6H8O3S. The molecule has 1 heterocycles. The Bertz CT molecular complexity index is 166. The maximum Gasteiger partial charge on any atom is 0.307 e. The van der Waals surface area contributed by atoms with Gasteiger partial charge in [-0.15, -0.1) is 0 Å². The van der Waals surface area contributed by atoms with Gasteiger partial charge in [0.1, 0.15) is 0 Å². The maximum absolute atomic E-state index is 10.5. The molecule has 1 atom stereocenters. The van der Waals surface area contributed by atoms with Gasteiger partial charge in [-0.05, 0) is 11.8 Å². The SMILES string of the molecule is CC(=O)SC1CCC(=O)O1. The van der Waals surface area contributed by atoms with Gasteiger partial charge in [0, 0.05) is 19.8 Å². The smallest absolute Gasteiger partial charge is 0.307 e. The van der Waals surface area contributed by atoms with Crippen molar-refractivity contribution in [1.29, 1.82) is 0 Å². The molecule has 0 aromatic carbocycles. The summed E-state index contributed by atoms with van der Waals surface area (Å²) in [5.41, 5.74) is -0.218. The topological polar surface area (TPSA) is 43.4 Å².